The lowest BCUT2D eigenvalue weighted by atomic mass is 9.72. The standard InChI is InChI=1S/C74H66F12N8O4/c1-5-43-9-21-51(22-10-43)69(71(75,76)77,72(78,79)80)53-25-13-45(14-26-53)67-91-59-31-19-49(47-17-29-57-61(35-47)89-65(7-3)87-57)37-63(59)93(67)39-55(95)41-97-33-34-98-42-56(96)40-94-64-38-50(48-18-30-58-62(36-48)90-66(8-4)88-58)20-32-60(64)92-68(94)46-15-27-54(28-16-46)70(73(81,82)83,74(84,85)86)52-23-11-44(6-2)12-24-52/h9-32,35-38,55-56,95-96H,5-8,33-34,39-42H2,1-4H3,(H,87,89)(H,88,90). The van der Waals surface area contributed by atoms with E-state index in [0.29, 0.717) is 70.0 Å². The van der Waals surface area contributed by atoms with Crippen LogP contribution in [0.1, 0.15) is 72.7 Å². The number of nitrogens with one attached hydrogen (secondary N) is 2. The van der Waals surface area contributed by atoms with Crippen LogP contribution in [0.2, 0.25) is 0 Å². The second-order valence-corrected chi connectivity index (χ2v) is 24.2. The molecule has 12 nitrogen and oxygen atoms in total. The molecular weight excluding hydrogens is 1290 g/mol. The minimum atomic E-state index is -5.82. The van der Waals surface area contributed by atoms with E-state index in [-0.39, 0.29) is 62.3 Å². The van der Waals surface area contributed by atoms with Crippen molar-refractivity contribution in [3.63, 3.8) is 0 Å². The molecule has 0 spiro atoms. The van der Waals surface area contributed by atoms with Crippen LogP contribution < -0.4 is 0 Å². The quantitative estimate of drug-likeness (QED) is 0.0365. The van der Waals surface area contributed by atoms with E-state index < -0.39 is 70.0 Å². The molecule has 0 amide bonds. The summed E-state index contributed by atoms with van der Waals surface area (Å²) in [7, 11) is 0. The fraction of sp³-hybridized carbons (Fsp3) is 0.297. The van der Waals surface area contributed by atoms with Gasteiger partial charge in [0.2, 0.25) is 10.8 Å². The van der Waals surface area contributed by atoms with Crippen molar-refractivity contribution < 1.29 is 72.4 Å². The number of halogens is 12. The number of imidazole rings is 4. The molecule has 12 rings (SSSR count). The van der Waals surface area contributed by atoms with Gasteiger partial charge in [0.15, 0.2) is 0 Å². The molecule has 4 N–H and O–H groups in total. The average Bonchev–Trinajstić information content (AvgIpc) is 0.809. The summed E-state index contributed by atoms with van der Waals surface area (Å²) in [6.07, 6.45) is -23.8. The van der Waals surface area contributed by atoms with E-state index in [1.807, 2.05) is 74.5 Å². The van der Waals surface area contributed by atoms with E-state index in [0.717, 1.165) is 118 Å². The number of rotatable bonds is 23. The van der Waals surface area contributed by atoms with Gasteiger partial charge in [-0.2, -0.15) is 52.7 Å². The van der Waals surface area contributed by atoms with Crippen molar-refractivity contribution in [1.29, 1.82) is 0 Å². The molecule has 0 fully saturated rings. The first kappa shape index (κ1) is 68.6. The molecule has 2 atom stereocenters. The van der Waals surface area contributed by atoms with Crippen molar-refractivity contribution in [2.45, 2.75) is 114 Å². The van der Waals surface area contributed by atoms with E-state index in [1.165, 1.54) is 24.3 Å². The van der Waals surface area contributed by atoms with Crippen LogP contribution in [0, 0.1) is 0 Å². The van der Waals surface area contributed by atoms with Crippen LogP contribution in [-0.4, -0.2) is 113 Å². The SMILES string of the molecule is CCc1ccc(C(c2ccc(-c3nc4ccc(-c5ccc6nc(CC)[nH]c6c5)cc4n3CC(O)COCCOCC(O)Cn3c(-c4ccc(C(c5ccc(CC)cc5)(C(F)(F)F)C(F)(F)F)cc4)nc4ccc(-c5ccc6nc(CC)[nH]c6c5)cc43)cc2)(C(F)(F)F)C(F)(F)F)cc1. The maximum absolute atomic E-state index is 15.2. The van der Waals surface area contributed by atoms with Gasteiger partial charge in [-0.1, -0.05) is 149 Å². The molecule has 12 aromatic rings. The van der Waals surface area contributed by atoms with Gasteiger partial charge < -0.3 is 38.8 Å². The molecule has 4 heterocycles. The molecule has 510 valence electrons. The first-order valence-corrected chi connectivity index (χ1v) is 31.9. The Kier molecular flexibility index (Phi) is 18.8. The zero-order chi connectivity index (χ0) is 69.7. The summed E-state index contributed by atoms with van der Waals surface area (Å²) >= 11 is 0. The molecule has 0 aliphatic heterocycles. The molecule has 4 aromatic heterocycles. The normalized spacial score (nSPS) is 13.6. The Labute approximate surface area is 554 Å². The number of fused-ring (bicyclic) bond motifs is 4. The van der Waals surface area contributed by atoms with Gasteiger partial charge in [-0.05, 0) is 117 Å². The van der Waals surface area contributed by atoms with E-state index in [9.17, 15) is 10.2 Å². The zero-order valence-electron chi connectivity index (χ0n) is 53.3. The highest BCUT2D eigenvalue weighted by Crippen LogP contribution is 2.58. The lowest BCUT2D eigenvalue weighted by Gasteiger charge is -2.38. The number of alkyl halides is 12. The predicted molar refractivity (Wildman–Crippen MR) is 350 cm³/mol. The van der Waals surface area contributed by atoms with Crippen LogP contribution >= 0.6 is 0 Å². The molecule has 98 heavy (non-hydrogen) atoms. The highest BCUT2D eigenvalue weighted by atomic mass is 19.4. The van der Waals surface area contributed by atoms with Crippen LogP contribution in [0.15, 0.2) is 170 Å². The van der Waals surface area contributed by atoms with E-state index in [1.54, 1.807) is 35.1 Å². The Hall–Kier alpha value is -9.36. The molecular formula is C74H66F12N8O4. The molecule has 24 heteroatoms. The minimum absolute atomic E-state index is 0.121. The smallest absolute Gasteiger partial charge is 0.389 e. The second kappa shape index (κ2) is 26.8. The van der Waals surface area contributed by atoms with Crippen molar-refractivity contribution in [3.8, 4) is 45.0 Å². The first-order chi connectivity index (χ1) is 46.7. The maximum Gasteiger partial charge on any atom is 0.411 e. The van der Waals surface area contributed by atoms with Crippen molar-refractivity contribution in [3.05, 3.63) is 215 Å². The number of hydrogen-bond donors (Lipinski definition) is 4. The second-order valence-electron chi connectivity index (χ2n) is 24.2. The van der Waals surface area contributed by atoms with Gasteiger partial charge in [0.1, 0.15) is 23.3 Å². The molecule has 0 aliphatic rings. The fourth-order valence-electron chi connectivity index (χ4n) is 13.0. The van der Waals surface area contributed by atoms with Crippen molar-refractivity contribution >= 4 is 44.1 Å². The predicted octanol–water partition coefficient (Wildman–Crippen LogP) is 17.3. The highest BCUT2D eigenvalue weighted by molar-refractivity contribution is 5.90. The van der Waals surface area contributed by atoms with Gasteiger partial charge in [0.25, 0.3) is 0 Å². The summed E-state index contributed by atoms with van der Waals surface area (Å²) in [6.45, 7) is 6.06. The lowest BCUT2D eigenvalue weighted by molar-refractivity contribution is -0.290. The number of nitrogens with zero attached hydrogens (tertiary/aromatic N) is 6. The van der Waals surface area contributed by atoms with Crippen LogP contribution in [0.3, 0.4) is 0 Å². The van der Waals surface area contributed by atoms with Gasteiger partial charge >= 0.3 is 24.7 Å². The number of aryl methyl sites for hydroxylation is 4. The number of aliphatic hydroxyl groups excluding tert-OH is 2. The van der Waals surface area contributed by atoms with Gasteiger partial charge in [-0.3, -0.25) is 0 Å². The van der Waals surface area contributed by atoms with Crippen LogP contribution in [-0.2, 0) is 59.1 Å². The van der Waals surface area contributed by atoms with Crippen LogP contribution in [0.25, 0.3) is 89.2 Å². The number of H-pyrrole nitrogens is 2. The molecule has 8 aromatic carbocycles. The number of aliphatic hydroxyl groups is 2. The summed E-state index contributed by atoms with van der Waals surface area (Å²) in [5.41, 5.74) is -3.74. The number of aromatic nitrogens is 8. The van der Waals surface area contributed by atoms with Crippen molar-refractivity contribution in [2.75, 3.05) is 26.4 Å². The van der Waals surface area contributed by atoms with Gasteiger partial charge in [-0.15, -0.1) is 0 Å². The first-order valence-electron chi connectivity index (χ1n) is 31.9. The number of ether oxygens (including phenoxy) is 2. The topological polar surface area (TPSA) is 152 Å². The molecule has 0 saturated heterocycles. The van der Waals surface area contributed by atoms with E-state index >= 15 is 52.7 Å². The Balaban J connectivity index is 0.790. The molecule has 0 radical (unpaired) electrons. The number of aromatic amines is 2. The highest BCUT2D eigenvalue weighted by Gasteiger charge is 2.73. The third kappa shape index (κ3) is 12.7. The number of benzene rings is 8. The lowest BCUT2D eigenvalue weighted by Crippen LogP contribution is -2.54. The summed E-state index contributed by atoms with van der Waals surface area (Å²) in [4.78, 5) is 25.4. The van der Waals surface area contributed by atoms with E-state index in [4.69, 9.17) is 19.4 Å². The average molecular weight is 1360 g/mol. The Morgan fingerprint density at radius 3 is 0.969 bits per heavy atom. The third-order valence-corrected chi connectivity index (χ3v) is 18.1. The summed E-state index contributed by atoms with van der Waals surface area (Å²) in [5.74, 6) is 1.81. The maximum atomic E-state index is 15.2. The monoisotopic (exact) mass is 1360 g/mol. The van der Waals surface area contributed by atoms with Crippen molar-refractivity contribution in [1.82, 2.24) is 39.0 Å². The Morgan fingerprint density at radius 1 is 0.367 bits per heavy atom. The molecule has 0 saturated carbocycles. The zero-order valence-corrected chi connectivity index (χ0v) is 53.3. The largest absolute Gasteiger partial charge is 0.411 e. The van der Waals surface area contributed by atoms with Crippen LogP contribution in [0.5, 0.6) is 0 Å². The summed E-state index contributed by atoms with van der Waals surface area (Å²) in [5, 5.41) is 23.4. The molecule has 0 bridgehead atoms. The number of hydrogen-bond acceptors (Lipinski definition) is 8. The van der Waals surface area contributed by atoms with Crippen LogP contribution in [0.4, 0.5) is 52.7 Å². The van der Waals surface area contributed by atoms with Gasteiger partial charge in [-0.25, -0.2) is 19.9 Å². The summed E-state index contributed by atoms with van der Waals surface area (Å²) in [6, 6.07) is 38.1. The molecule has 0 aliphatic carbocycles. The molecule has 2 unspecified atom stereocenters. The third-order valence-electron chi connectivity index (χ3n) is 18.1. The van der Waals surface area contributed by atoms with Crippen molar-refractivity contribution in [2.24, 2.45) is 0 Å². The van der Waals surface area contributed by atoms with Gasteiger partial charge in [0, 0.05) is 24.0 Å². The Bertz CT molecular complexity index is 4470. The Morgan fingerprint density at radius 2 is 0.663 bits per heavy atom. The fourth-order valence-corrected chi connectivity index (χ4v) is 13.0. The summed E-state index contributed by atoms with van der Waals surface area (Å²) < 4.78 is 198. The minimum Gasteiger partial charge on any atom is -0.389 e. The van der Waals surface area contributed by atoms with Gasteiger partial charge in [0.05, 0.1) is 95.9 Å². The van der Waals surface area contributed by atoms with E-state index in [2.05, 4.69) is 19.9 Å².